The summed E-state index contributed by atoms with van der Waals surface area (Å²) in [5.41, 5.74) is -0.800. The molecule has 0 aromatic heterocycles. The number of ketones is 2. The Morgan fingerprint density at radius 1 is 0.629 bits per heavy atom. The number of benzene rings is 2. The smallest absolute Gasteiger partial charge is 0.306 e. The number of esters is 2. The summed E-state index contributed by atoms with van der Waals surface area (Å²) in [5.74, 6) is -1.71. The zero-order valence-corrected chi connectivity index (χ0v) is 20.5. The highest BCUT2D eigenvalue weighted by atomic mass is 16.5. The Labute approximate surface area is 204 Å². The van der Waals surface area contributed by atoms with Crippen LogP contribution in [0.25, 0.3) is 0 Å². The van der Waals surface area contributed by atoms with Gasteiger partial charge in [-0.15, -0.1) is 0 Å². The number of carbonyl (C=O) groups is 4. The fourth-order valence-electron chi connectivity index (χ4n) is 3.06. The van der Waals surface area contributed by atoms with Crippen LogP contribution in [0.3, 0.4) is 0 Å². The summed E-state index contributed by atoms with van der Waals surface area (Å²) in [4.78, 5) is 47.9. The average molecular weight is 485 g/mol. The van der Waals surface area contributed by atoms with Gasteiger partial charge in [0, 0.05) is 24.0 Å². The first-order chi connectivity index (χ1) is 16.3. The van der Waals surface area contributed by atoms with E-state index >= 15 is 0 Å². The van der Waals surface area contributed by atoms with Gasteiger partial charge in [-0.1, -0.05) is 48.5 Å². The minimum Gasteiger partial charge on any atom is -0.461 e. The van der Waals surface area contributed by atoms with E-state index in [1.807, 2.05) is 0 Å². The molecular formula is C27H32O8. The van der Waals surface area contributed by atoms with Crippen LogP contribution in [0.5, 0.6) is 0 Å². The highest BCUT2D eigenvalue weighted by molar-refractivity contribution is 6.02. The van der Waals surface area contributed by atoms with Crippen LogP contribution in [0.15, 0.2) is 48.5 Å². The Hall–Kier alpha value is -3.36. The van der Waals surface area contributed by atoms with Crippen LogP contribution in [-0.4, -0.2) is 44.9 Å². The first-order valence-corrected chi connectivity index (χ1v) is 11.3. The molecule has 0 saturated carbocycles. The van der Waals surface area contributed by atoms with Gasteiger partial charge in [-0.3, -0.25) is 19.2 Å². The first kappa shape index (κ1) is 27.9. The molecule has 0 aliphatic rings. The maximum atomic E-state index is 12.0. The van der Waals surface area contributed by atoms with Crippen molar-refractivity contribution in [2.24, 2.45) is 0 Å². The predicted octanol–water partition coefficient (Wildman–Crippen LogP) is 3.55. The molecule has 0 atom stereocenters. The van der Waals surface area contributed by atoms with Crippen LogP contribution in [0, 0.1) is 0 Å². The number of rotatable bonds is 12. The van der Waals surface area contributed by atoms with Crippen LogP contribution in [0.2, 0.25) is 0 Å². The van der Waals surface area contributed by atoms with Crippen molar-refractivity contribution in [2.75, 3.05) is 0 Å². The van der Waals surface area contributed by atoms with Crippen LogP contribution in [-0.2, 0) is 32.3 Å². The normalized spacial score (nSPS) is 11.6. The molecule has 0 amide bonds. The summed E-state index contributed by atoms with van der Waals surface area (Å²) in [5, 5.41) is 19.6. The van der Waals surface area contributed by atoms with Gasteiger partial charge in [0.15, 0.2) is 11.6 Å². The SMILES string of the molecule is CC(C)(O)C(=O)c1ccc(COC(=O)CCCC(=O)OCc2ccc(C(=O)C(C)(C)O)cc2)cc1. The standard InChI is InChI=1S/C27H32O8/c1-26(2,32)24(30)20-12-8-18(9-13-20)16-34-22(28)6-5-7-23(29)35-17-19-10-14-21(15-11-19)25(31)27(3,4)33/h8-15,32-33H,5-7,16-17H2,1-4H3. The lowest BCUT2D eigenvalue weighted by Crippen LogP contribution is -2.31. The molecule has 2 N–H and O–H groups in total. The topological polar surface area (TPSA) is 127 Å². The first-order valence-electron chi connectivity index (χ1n) is 11.3. The highest BCUT2D eigenvalue weighted by Crippen LogP contribution is 2.16. The van der Waals surface area contributed by atoms with E-state index in [4.69, 9.17) is 9.47 Å². The van der Waals surface area contributed by atoms with E-state index < -0.39 is 34.7 Å². The van der Waals surface area contributed by atoms with Crippen molar-refractivity contribution in [3.8, 4) is 0 Å². The molecule has 0 aliphatic heterocycles. The molecule has 0 heterocycles. The van der Waals surface area contributed by atoms with E-state index in [0.717, 1.165) is 0 Å². The van der Waals surface area contributed by atoms with Gasteiger partial charge in [0.2, 0.25) is 0 Å². The maximum Gasteiger partial charge on any atom is 0.306 e. The summed E-state index contributed by atoms with van der Waals surface area (Å²) < 4.78 is 10.4. The number of carbonyl (C=O) groups excluding carboxylic acids is 4. The molecular weight excluding hydrogens is 452 g/mol. The maximum absolute atomic E-state index is 12.0. The molecule has 188 valence electrons. The Morgan fingerprint density at radius 3 is 1.23 bits per heavy atom. The quantitative estimate of drug-likeness (QED) is 0.346. The van der Waals surface area contributed by atoms with Crippen LogP contribution >= 0.6 is 0 Å². The van der Waals surface area contributed by atoms with Gasteiger partial charge in [0.25, 0.3) is 0 Å². The number of Topliss-reactive ketones (excluding diaryl/α,β-unsaturated/α-hetero) is 2. The van der Waals surface area contributed by atoms with Crippen molar-refractivity contribution in [2.45, 2.75) is 71.4 Å². The molecule has 2 aromatic rings. The minimum absolute atomic E-state index is 0.0340. The van der Waals surface area contributed by atoms with Crippen molar-refractivity contribution in [3.05, 3.63) is 70.8 Å². The molecule has 0 saturated heterocycles. The van der Waals surface area contributed by atoms with E-state index in [2.05, 4.69) is 0 Å². The van der Waals surface area contributed by atoms with Gasteiger partial charge in [0.05, 0.1) is 0 Å². The number of hydrogen-bond acceptors (Lipinski definition) is 8. The largest absolute Gasteiger partial charge is 0.461 e. The van der Waals surface area contributed by atoms with Crippen molar-refractivity contribution in [3.63, 3.8) is 0 Å². The van der Waals surface area contributed by atoms with E-state index in [9.17, 15) is 29.4 Å². The molecule has 0 aliphatic carbocycles. The van der Waals surface area contributed by atoms with Gasteiger partial charge in [0.1, 0.15) is 24.4 Å². The summed E-state index contributed by atoms with van der Waals surface area (Å²) >= 11 is 0. The molecule has 0 spiro atoms. The molecule has 2 rings (SSSR count). The molecule has 0 fully saturated rings. The van der Waals surface area contributed by atoms with E-state index in [1.165, 1.54) is 27.7 Å². The monoisotopic (exact) mass is 484 g/mol. The Morgan fingerprint density at radius 2 is 0.943 bits per heavy atom. The molecule has 0 unspecified atom stereocenters. The minimum atomic E-state index is -1.46. The fourth-order valence-corrected chi connectivity index (χ4v) is 3.06. The van der Waals surface area contributed by atoms with E-state index in [1.54, 1.807) is 48.5 Å². The molecule has 8 nitrogen and oxygen atoms in total. The third kappa shape index (κ3) is 9.07. The van der Waals surface area contributed by atoms with Gasteiger partial charge < -0.3 is 19.7 Å². The molecule has 0 bridgehead atoms. The van der Waals surface area contributed by atoms with E-state index in [0.29, 0.717) is 22.3 Å². The number of aliphatic hydroxyl groups is 2. The van der Waals surface area contributed by atoms with Crippen molar-refractivity contribution in [1.82, 2.24) is 0 Å². The third-order valence-corrected chi connectivity index (χ3v) is 5.11. The number of hydrogen-bond donors (Lipinski definition) is 2. The molecule has 35 heavy (non-hydrogen) atoms. The predicted molar refractivity (Wildman–Crippen MR) is 128 cm³/mol. The van der Waals surface area contributed by atoms with E-state index in [-0.39, 0.29) is 32.5 Å². The number of ether oxygens (including phenoxy) is 2. The molecule has 0 radical (unpaired) electrons. The van der Waals surface area contributed by atoms with Crippen molar-refractivity contribution < 1.29 is 38.9 Å². The lowest BCUT2D eigenvalue weighted by Gasteiger charge is -2.15. The van der Waals surface area contributed by atoms with Crippen LogP contribution in [0.1, 0.15) is 78.8 Å². The zero-order valence-electron chi connectivity index (χ0n) is 20.5. The molecule has 2 aromatic carbocycles. The fraction of sp³-hybridized carbons (Fsp3) is 0.407. The third-order valence-electron chi connectivity index (χ3n) is 5.11. The second-order valence-electron chi connectivity index (χ2n) is 9.35. The van der Waals surface area contributed by atoms with Gasteiger partial charge in [-0.2, -0.15) is 0 Å². The lowest BCUT2D eigenvalue weighted by atomic mass is 9.96. The Balaban J connectivity index is 1.68. The van der Waals surface area contributed by atoms with Crippen molar-refractivity contribution >= 4 is 23.5 Å². The van der Waals surface area contributed by atoms with Crippen LogP contribution in [0.4, 0.5) is 0 Å². The molecule has 8 heteroatoms. The Kier molecular flexibility index (Phi) is 9.45. The van der Waals surface area contributed by atoms with Crippen molar-refractivity contribution in [1.29, 1.82) is 0 Å². The summed E-state index contributed by atoms with van der Waals surface area (Å²) in [6.45, 7) is 5.74. The lowest BCUT2D eigenvalue weighted by molar-refractivity contribution is -0.146. The highest BCUT2D eigenvalue weighted by Gasteiger charge is 2.25. The average Bonchev–Trinajstić information content (AvgIpc) is 2.80. The summed E-state index contributed by atoms with van der Waals surface area (Å²) in [6.07, 6.45) is 0.381. The zero-order chi connectivity index (χ0) is 26.2. The van der Waals surface area contributed by atoms with Gasteiger partial charge in [-0.05, 0) is 45.2 Å². The second-order valence-corrected chi connectivity index (χ2v) is 9.35. The van der Waals surface area contributed by atoms with Gasteiger partial charge >= 0.3 is 11.9 Å². The Bertz CT molecular complexity index is 953. The summed E-state index contributed by atoms with van der Waals surface area (Å²) in [7, 11) is 0. The van der Waals surface area contributed by atoms with Crippen LogP contribution < -0.4 is 0 Å². The van der Waals surface area contributed by atoms with Gasteiger partial charge in [-0.25, -0.2) is 0 Å². The second kappa shape index (κ2) is 11.9. The summed E-state index contributed by atoms with van der Waals surface area (Å²) in [6, 6.07) is 12.9.